The fourth-order valence-electron chi connectivity index (χ4n) is 7.66. The summed E-state index contributed by atoms with van der Waals surface area (Å²) < 4.78 is 33.9. The number of carbonyl (C=O) groups is 1. The highest BCUT2D eigenvalue weighted by Gasteiger charge is 2.44. The number of benzene rings is 2. The molecular weight excluding hydrogens is 639 g/mol. The van der Waals surface area contributed by atoms with Gasteiger partial charge in [-0.1, -0.05) is 43.7 Å². The zero-order valence-corrected chi connectivity index (χ0v) is 29.7. The third-order valence-corrected chi connectivity index (χ3v) is 11.9. The minimum Gasteiger partial charge on any atom is -0.446 e. The number of ether oxygens (including phenoxy) is 1. The van der Waals surface area contributed by atoms with Gasteiger partial charge in [0.25, 0.3) is 0 Å². The number of carbonyl (C=O) groups excluding carboxylic acids is 1. The number of aromatic nitrogens is 2. The number of piperidine rings is 1. The van der Waals surface area contributed by atoms with Crippen LogP contribution in [-0.2, 0) is 26.5 Å². The van der Waals surface area contributed by atoms with Gasteiger partial charge in [0.05, 0.1) is 11.2 Å². The molecule has 2 aliphatic heterocycles. The van der Waals surface area contributed by atoms with Crippen molar-refractivity contribution in [3.8, 4) is 0 Å². The molecule has 2 saturated heterocycles. The van der Waals surface area contributed by atoms with E-state index in [2.05, 4.69) is 67.2 Å². The van der Waals surface area contributed by atoms with Crippen molar-refractivity contribution in [2.24, 2.45) is 11.8 Å². The Kier molecular flexibility index (Phi) is 12.2. The first-order valence-electron chi connectivity index (χ1n) is 17.3. The highest BCUT2D eigenvalue weighted by atomic mass is 32.2. The molecule has 3 aromatic rings. The quantitative estimate of drug-likeness (QED) is 0.178. The number of alkyl carbamates (subject to hydrolysis) is 1. The number of hydrogen-bond acceptors (Lipinski definition) is 9. The Bertz CT molecular complexity index is 1630. The van der Waals surface area contributed by atoms with Crippen molar-refractivity contribution in [2.45, 2.75) is 62.0 Å². The van der Waals surface area contributed by atoms with Gasteiger partial charge in [-0.25, -0.2) is 18.2 Å². The molecule has 1 aromatic heterocycles. The summed E-state index contributed by atoms with van der Waals surface area (Å²) in [6, 6.07) is 17.7. The van der Waals surface area contributed by atoms with Crippen LogP contribution in [0.25, 0.3) is 0 Å². The van der Waals surface area contributed by atoms with Crippen molar-refractivity contribution in [1.29, 1.82) is 5.41 Å². The Balaban J connectivity index is 1.24. The van der Waals surface area contributed by atoms with Crippen molar-refractivity contribution in [1.82, 2.24) is 25.1 Å². The molecule has 11 nitrogen and oxygen atoms in total. The number of likely N-dealkylation sites (tertiary alicyclic amines) is 1. The predicted molar refractivity (Wildman–Crippen MR) is 194 cm³/mol. The first-order chi connectivity index (χ1) is 23.7. The number of anilines is 1. The molecule has 0 bridgehead atoms. The van der Waals surface area contributed by atoms with Crippen LogP contribution in [0.2, 0.25) is 0 Å². The maximum Gasteiger partial charge on any atom is 0.407 e. The van der Waals surface area contributed by atoms with Gasteiger partial charge in [0, 0.05) is 82.1 Å². The number of rotatable bonds is 16. The van der Waals surface area contributed by atoms with Crippen LogP contribution in [0.1, 0.15) is 44.6 Å². The highest BCUT2D eigenvalue weighted by molar-refractivity contribution is 7.96. The monoisotopic (exact) mass is 689 g/mol. The third-order valence-electron chi connectivity index (χ3n) is 10.1. The minimum absolute atomic E-state index is 0.0729. The van der Waals surface area contributed by atoms with E-state index in [1.807, 2.05) is 30.9 Å². The Morgan fingerprint density at radius 1 is 1.10 bits per heavy atom. The summed E-state index contributed by atoms with van der Waals surface area (Å²) in [4.78, 5) is 21.8. The molecule has 264 valence electrons. The fourth-order valence-corrected chi connectivity index (χ4v) is 8.86. The number of nitrogens with one attached hydrogen (secondary N) is 3. The molecule has 1 unspecified atom stereocenters. The van der Waals surface area contributed by atoms with E-state index in [-0.39, 0.29) is 27.4 Å². The van der Waals surface area contributed by atoms with Crippen LogP contribution >= 0.6 is 0 Å². The van der Waals surface area contributed by atoms with Gasteiger partial charge in [-0.05, 0) is 74.5 Å². The van der Waals surface area contributed by atoms with Crippen molar-refractivity contribution in [3.05, 3.63) is 90.0 Å². The first-order valence-corrected chi connectivity index (χ1v) is 18.8. The second-order valence-corrected chi connectivity index (χ2v) is 15.3. The first kappa shape index (κ1) is 36.1. The Labute approximate surface area is 291 Å². The van der Waals surface area contributed by atoms with Gasteiger partial charge in [-0.15, -0.1) is 0 Å². The van der Waals surface area contributed by atoms with E-state index in [1.165, 1.54) is 11.8 Å². The zero-order valence-electron chi connectivity index (χ0n) is 28.9. The summed E-state index contributed by atoms with van der Waals surface area (Å²) in [5.74, 6) is 0.938. The second-order valence-electron chi connectivity index (χ2n) is 13.4. The molecule has 49 heavy (non-hydrogen) atoms. The lowest BCUT2D eigenvalue weighted by Crippen LogP contribution is -2.54. The lowest BCUT2D eigenvalue weighted by atomic mass is 9.63. The van der Waals surface area contributed by atoms with Crippen LogP contribution in [0.4, 0.5) is 10.5 Å². The number of allylic oxidation sites excluding steroid dienone is 1. The molecule has 0 saturated carbocycles. The molecule has 3 heterocycles. The van der Waals surface area contributed by atoms with Gasteiger partial charge in [-0.2, -0.15) is 0 Å². The topological polar surface area (TPSA) is 133 Å². The molecule has 5 rings (SSSR count). The molecule has 1 amide bonds. The van der Waals surface area contributed by atoms with Crippen LogP contribution < -0.4 is 15.5 Å². The standard InChI is InChI=1S/C37H51N7O4S/c1-4-8-33(48-36(45)40-3)21-37(27-43-20-17-41-28-43,30-9-6-5-7-10-30)31-15-18-42(19-16-31)24-29-25-44(26-29)32-11-13-34(14-12-32)49(46,47)35(22-38)23-39-2/h5-7,9-14,17,20,22-23,28-29,31,33,38-39H,4,8,15-16,18-19,21,24-27H2,1-3H3,(H,40,45)/b35-23+,38-22?/t33-,37?/m1/s1. The van der Waals surface area contributed by atoms with E-state index in [9.17, 15) is 13.2 Å². The van der Waals surface area contributed by atoms with Gasteiger partial charge in [0.15, 0.2) is 0 Å². The van der Waals surface area contributed by atoms with Gasteiger partial charge >= 0.3 is 6.09 Å². The van der Waals surface area contributed by atoms with E-state index in [4.69, 9.17) is 10.1 Å². The van der Waals surface area contributed by atoms with Crippen molar-refractivity contribution in [3.63, 3.8) is 0 Å². The molecule has 2 aromatic carbocycles. The fraction of sp³-hybridized carbons (Fsp3) is 0.486. The molecule has 12 heteroatoms. The molecular formula is C37H51N7O4S. The van der Waals surface area contributed by atoms with E-state index < -0.39 is 9.84 Å². The maximum absolute atomic E-state index is 12.9. The molecule has 2 fully saturated rings. The van der Waals surface area contributed by atoms with Gasteiger partial charge in [0.2, 0.25) is 9.84 Å². The van der Waals surface area contributed by atoms with Crippen LogP contribution in [0.15, 0.2) is 89.3 Å². The number of amides is 1. The summed E-state index contributed by atoms with van der Waals surface area (Å²) in [6.07, 6.45) is 11.9. The molecule has 0 radical (unpaired) electrons. The van der Waals surface area contributed by atoms with Crippen molar-refractivity contribution in [2.75, 3.05) is 51.7 Å². The van der Waals surface area contributed by atoms with E-state index in [1.54, 1.807) is 26.2 Å². The predicted octanol–water partition coefficient (Wildman–Crippen LogP) is 5.07. The van der Waals surface area contributed by atoms with Crippen LogP contribution in [0.3, 0.4) is 0 Å². The molecule has 0 spiro atoms. The van der Waals surface area contributed by atoms with Crippen LogP contribution in [0, 0.1) is 17.2 Å². The number of hydrogen-bond donors (Lipinski definition) is 3. The van der Waals surface area contributed by atoms with E-state index in [0.717, 1.165) is 83.3 Å². The SMILES string of the molecule is CCC[C@H](CC(Cn1ccnc1)(c1ccccc1)C1CCN(CC2CN(c3ccc(S(=O)(=O)/C(C=N)=C/NC)cc3)C2)CC1)OC(=O)NC. The minimum atomic E-state index is -3.74. The van der Waals surface area contributed by atoms with Crippen molar-refractivity contribution < 1.29 is 17.9 Å². The summed E-state index contributed by atoms with van der Waals surface area (Å²) in [5, 5.41) is 12.8. The average Bonchev–Trinajstić information content (AvgIpc) is 3.62. The zero-order chi connectivity index (χ0) is 34.9. The van der Waals surface area contributed by atoms with Crippen LogP contribution in [-0.4, -0.2) is 88.1 Å². The molecule has 2 atom stereocenters. The Morgan fingerprint density at radius 2 is 1.82 bits per heavy atom. The maximum atomic E-state index is 12.9. The number of imidazole rings is 1. The molecule has 3 N–H and O–H groups in total. The van der Waals surface area contributed by atoms with Gasteiger partial charge in [-0.3, -0.25) is 0 Å². The average molecular weight is 690 g/mol. The largest absolute Gasteiger partial charge is 0.446 e. The second kappa shape index (κ2) is 16.5. The lowest BCUT2D eigenvalue weighted by Gasteiger charge is -2.48. The molecule has 2 aliphatic rings. The normalized spacial score (nSPS) is 18.3. The van der Waals surface area contributed by atoms with Gasteiger partial charge < -0.3 is 35.1 Å². The number of sulfone groups is 1. The summed E-state index contributed by atoms with van der Waals surface area (Å²) >= 11 is 0. The number of nitrogens with zero attached hydrogens (tertiary/aromatic N) is 4. The summed E-state index contributed by atoms with van der Waals surface area (Å²) in [7, 11) is -0.513. The smallest absolute Gasteiger partial charge is 0.407 e. The Hall–Kier alpha value is -4.16. The van der Waals surface area contributed by atoms with E-state index in [0.29, 0.717) is 11.8 Å². The Morgan fingerprint density at radius 3 is 2.41 bits per heavy atom. The lowest BCUT2D eigenvalue weighted by molar-refractivity contribution is 0.0359. The van der Waals surface area contributed by atoms with Crippen molar-refractivity contribution >= 4 is 27.8 Å². The van der Waals surface area contributed by atoms with Crippen LogP contribution in [0.5, 0.6) is 0 Å². The third kappa shape index (κ3) is 8.53. The summed E-state index contributed by atoms with van der Waals surface area (Å²) in [6.45, 7) is 7.82. The highest BCUT2D eigenvalue weighted by Crippen LogP contribution is 2.45. The summed E-state index contributed by atoms with van der Waals surface area (Å²) in [5.41, 5.74) is 2.05. The van der Waals surface area contributed by atoms with E-state index >= 15 is 0 Å². The van der Waals surface area contributed by atoms with Gasteiger partial charge in [0.1, 0.15) is 11.0 Å². The molecule has 0 aliphatic carbocycles.